The summed E-state index contributed by atoms with van der Waals surface area (Å²) in [6.07, 6.45) is 0.135. The zero-order valence-corrected chi connectivity index (χ0v) is 25.7. The summed E-state index contributed by atoms with van der Waals surface area (Å²) in [5.74, 6) is -0.885. The van der Waals surface area contributed by atoms with E-state index in [1.165, 1.54) is 32.3 Å². The average Bonchev–Trinajstić information content (AvgIpc) is 3.30. The maximum Gasteiger partial charge on any atom is 0.409 e. The number of pyridine rings is 1. The smallest absolute Gasteiger partial charge is 0.409 e. The molecule has 0 bridgehead atoms. The van der Waals surface area contributed by atoms with Crippen molar-refractivity contribution >= 4 is 17.5 Å². The van der Waals surface area contributed by atoms with Crippen LogP contribution in [0.25, 0.3) is 16.9 Å². The van der Waals surface area contributed by atoms with Gasteiger partial charge < -0.3 is 28.6 Å². The fourth-order valence-electron chi connectivity index (χ4n) is 4.57. The summed E-state index contributed by atoms with van der Waals surface area (Å²) >= 11 is 0. The number of ketones is 1. The number of carbonyl (C=O) groups is 2. The molecule has 0 radical (unpaired) electrons. The Bertz CT molecular complexity index is 1300. The van der Waals surface area contributed by atoms with Gasteiger partial charge in [0.05, 0.1) is 37.7 Å². The van der Waals surface area contributed by atoms with E-state index < -0.39 is 24.3 Å². The van der Waals surface area contributed by atoms with Crippen molar-refractivity contribution in [2.24, 2.45) is 5.92 Å². The average molecular weight is 574 g/mol. The lowest BCUT2D eigenvalue weighted by molar-refractivity contribution is -0.115. The topological polar surface area (TPSA) is 103 Å². The van der Waals surface area contributed by atoms with Gasteiger partial charge in [-0.25, -0.2) is 14.2 Å². The van der Waals surface area contributed by atoms with Gasteiger partial charge in [-0.05, 0) is 55.7 Å². The van der Waals surface area contributed by atoms with Gasteiger partial charge in [0.2, 0.25) is 0 Å². The number of benzene rings is 1. The molecule has 1 amide bonds. The minimum atomic E-state index is -1.05. The van der Waals surface area contributed by atoms with Crippen LogP contribution in [0, 0.1) is 25.6 Å². The fraction of sp³-hybridized carbons (Fsp3) is 0.516. The first-order valence-electron chi connectivity index (χ1n) is 13.9. The van der Waals surface area contributed by atoms with Crippen LogP contribution in [0.4, 0.5) is 9.18 Å². The number of fused-ring (bicyclic) bond motifs is 1. The molecule has 10 heteroatoms. The molecule has 2 unspecified atom stereocenters. The van der Waals surface area contributed by atoms with E-state index in [4.69, 9.17) is 19.2 Å². The van der Waals surface area contributed by atoms with Gasteiger partial charge in [0.15, 0.2) is 12.1 Å². The molecule has 1 N–H and O–H groups in total. The molecule has 9 nitrogen and oxygen atoms in total. The highest BCUT2D eigenvalue weighted by atomic mass is 19.1. The molecule has 41 heavy (non-hydrogen) atoms. The van der Waals surface area contributed by atoms with Crippen LogP contribution in [-0.2, 0) is 20.6 Å². The van der Waals surface area contributed by atoms with Crippen LogP contribution in [0.2, 0.25) is 0 Å². The molecule has 226 valence electrons. The van der Waals surface area contributed by atoms with E-state index in [0.717, 1.165) is 5.56 Å². The number of aliphatic hydroxyl groups excluding tert-OH is 1. The first kappa shape index (κ1) is 33.9. The second kappa shape index (κ2) is 15.6. The molecule has 3 rings (SSSR count). The largest absolute Gasteiger partial charge is 0.453 e. The zero-order valence-electron chi connectivity index (χ0n) is 25.7. The summed E-state index contributed by atoms with van der Waals surface area (Å²) in [6.45, 7) is 11.4. The van der Waals surface area contributed by atoms with E-state index in [9.17, 15) is 14.7 Å². The summed E-state index contributed by atoms with van der Waals surface area (Å²) in [5, 5.41) is 11.1. The third kappa shape index (κ3) is 8.12. The number of rotatable bonds is 12. The lowest BCUT2D eigenvalue weighted by Gasteiger charge is -2.27. The van der Waals surface area contributed by atoms with Crippen LogP contribution in [0.1, 0.15) is 61.3 Å². The van der Waals surface area contributed by atoms with Crippen LogP contribution in [0.15, 0.2) is 30.5 Å². The van der Waals surface area contributed by atoms with Crippen molar-refractivity contribution in [3.8, 4) is 11.3 Å². The fourth-order valence-corrected chi connectivity index (χ4v) is 4.57. The minimum Gasteiger partial charge on any atom is -0.453 e. The first-order valence-corrected chi connectivity index (χ1v) is 13.9. The molecule has 3 aromatic rings. The molecule has 0 aliphatic rings. The number of aromatic nitrogens is 2. The highest BCUT2D eigenvalue weighted by Gasteiger charge is 2.27. The van der Waals surface area contributed by atoms with Crippen LogP contribution in [-0.4, -0.2) is 78.1 Å². The Morgan fingerprint density at radius 3 is 2.32 bits per heavy atom. The number of nitrogens with zero attached hydrogens (tertiary/aromatic N) is 3. The van der Waals surface area contributed by atoms with Crippen LogP contribution in [0.5, 0.6) is 0 Å². The third-order valence-electron chi connectivity index (χ3n) is 6.94. The Labute approximate surface area is 242 Å². The van der Waals surface area contributed by atoms with Crippen LogP contribution >= 0.6 is 0 Å². The van der Waals surface area contributed by atoms with Gasteiger partial charge in [-0.2, -0.15) is 0 Å². The normalized spacial score (nSPS) is 12.6. The Kier molecular flexibility index (Phi) is 12.9. The van der Waals surface area contributed by atoms with E-state index in [-0.39, 0.29) is 36.8 Å². The van der Waals surface area contributed by atoms with Crippen molar-refractivity contribution in [2.45, 2.75) is 66.8 Å². The van der Waals surface area contributed by atoms with Gasteiger partial charge in [-0.3, -0.25) is 4.79 Å². The minimum absolute atomic E-state index is 0.0371. The molecule has 2 heterocycles. The van der Waals surface area contributed by atoms with E-state index in [2.05, 4.69) is 0 Å². The number of ether oxygens (including phenoxy) is 3. The Morgan fingerprint density at radius 1 is 1.10 bits per heavy atom. The molecule has 0 saturated carbocycles. The van der Waals surface area contributed by atoms with Gasteiger partial charge in [-0.15, -0.1) is 0 Å². The molecular weight excluding hydrogens is 529 g/mol. The quantitative estimate of drug-likeness (QED) is 0.222. The van der Waals surface area contributed by atoms with E-state index in [0.29, 0.717) is 34.6 Å². The number of methoxy groups -OCH3 is 3. The lowest BCUT2D eigenvalue weighted by Crippen LogP contribution is -2.43. The number of Topliss-reactive ketones (excluding diaryl/α,β-unsaturated/α-hetero) is 1. The number of halogens is 1. The summed E-state index contributed by atoms with van der Waals surface area (Å²) in [4.78, 5) is 31.1. The number of aliphatic hydroxyl groups is 1. The molecule has 0 saturated heterocycles. The molecular formula is C31H44FN3O6. The highest BCUT2D eigenvalue weighted by molar-refractivity contribution is 5.98. The van der Waals surface area contributed by atoms with Gasteiger partial charge >= 0.3 is 6.09 Å². The number of hydrogen-bond acceptors (Lipinski definition) is 7. The summed E-state index contributed by atoms with van der Waals surface area (Å²) < 4.78 is 32.7. The molecule has 0 aliphatic carbocycles. The maximum atomic E-state index is 15.7. The van der Waals surface area contributed by atoms with Gasteiger partial charge in [-0.1, -0.05) is 27.7 Å². The second-order valence-electron chi connectivity index (χ2n) is 9.80. The van der Waals surface area contributed by atoms with Crippen molar-refractivity contribution < 1.29 is 33.3 Å². The number of carbonyl (C=O) groups excluding carboxylic acids is 2. The second-order valence-corrected chi connectivity index (χ2v) is 9.80. The Balaban J connectivity index is 0.00000287. The van der Waals surface area contributed by atoms with Gasteiger partial charge in [0.1, 0.15) is 11.5 Å². The highest BCUT2D eigenvalue weighted by Crippen LogP contribution is 2.32. The Hall–Kier alpha value is -3.34. The predicted octanol–water partition coefficient (Wildman–Crippen LogP) is 5.60. The van der Waals surface area contributed by atoms with Crippen molar-refractivity contribution in [3.63, 3.8) is 0 Å². The Morgan fingerprint density at radius 2 is 1.76 bits per heavy atom. The molecule has 2 atom stereocenters. The van der Waals surface area contributed by atoms with Crippen molar-refractivity contribution in [3.05, 3.63) is 58.7 Å². The summed E-state index contributed by atoms with van der Waals surface area (Å²) in [6, 6.07) is 6.72. The molecule has 0 aliphatic heterocycles. The maximum absolute atomic E-state index is 15.7. The molecule has 0 fully saturated rings. The van der Waals surface area contributed by atoms with Crippen LogP contribution in [0.3, 0.4) is 0 Å². The first-order chi connectivity index (χ1) is 19.5. The predicted molar refractivity (Wildman–Crippen MR) is 157 cm³/mol. The van der Waals surface area contributed by atoms with E-state index in [1.807, 2.05) is 52.9 Å². The van der Waals surface area contributed by atoms with Gasteiger partial charge in [0, 0.05) is 43.9 Å². The SMILES string of the molecule is CC.CCC(C)C(=O)c1cc(C)c(-c2nc3cc(C)ccn3c2CC(O)CN(CC(OC)OC)C(=O)OC)c(F)c1. The number of amides is 1. The monoisotopic (exact) mass is 573 g/mol. The summed E-state index contributed by atoms with van der Waals surface area (Å²) in [7, 11) is 4.15. The van der Waals surface area contributed by atoms with Crippen molar-refractivity contribution in [2.75, 3.05) is 34.4 Å². The van der Waals surface area contributed by atoms with Crippen molar-refractivity contribution in [1.29, 1.82) is 0 Å². The molecule has 1 aromatic carbocycles. The number of aryl methyl sites for hydroxylation is 2. The van der Waals surface area contributed by atoms with Crippen LogP contribution < -0.4 is 0 Å². The zero-order chi connectivity index (χ0) is 30.9. The number of imidazole rings is 1. The third-order valence-corrected chi connectivity index (χ3v) is 6.94. The standard InChI is InChI=1S/C29H38FN3O6.C2H6/c1-8-18(3)28(35)20-12-19(4)26(22(30)13-20)27-23(33-10-9-17(2)11-24(33)31-27)14-21(34)15-32(29(36)39-7)16-25(37-5)38-6;1-2/h9-13,18,21,25,34H,8,14-16H2,1-7H3;1-2H3. The summed E-state index contributed by atoms with van der Waals surface area (Å²) in [5.41, 5.74) is 3.66. The van der Waals surface area contributed by atoms with Gasteiger partial charge in [0.25, 0.3) is 0 Å². The van der Waals surface area contributed by atoms with E-state index in [1.54, 1.807) is 17.4 Å². The molecule has 2 aromatic heterocycles. The van der Waals surface area contributed by atoms with E-state index >= 15 is 4.39 Å². The molecule has 0 spiro atoms. The number of hydrogen-bond donors (Lipinski definition) is 1. The van der Waals surface area contributed by atoms with Crippen molar-refractivity contribution in [1.82, 2.24) is 14.3 Å². The lowest BCUT2D eigenvalue weighted by atomic mass is 9.92.